The van der Waals surface area contributed by atoms with Crippen LogP contribution in [0.15, 0.2) is 169 Å². The second-order valence-corrected chi connectivity index (χ2v) is 9.58. The molecule has 0 heteroatoms. The zero-order valence-corrected chi connectivity index (χ0v) is 22.1. The van der Waals surface area contributed by atoms with Gasteiger partial charge in [0.05, 0.1) is 37.0 Å². The third-order valence-electron chi connectivity index (χ3n) is 7.20. The number of rotatable bonds is 3. The van der Waals surface area contributed by atoms with E-state index in [-0.39, 0.29) is 0 Å². The van der Waals surface area contributed by atoms with Gasteiger partial charge in [0, 0.05) is 0 Å². The van der Waals surface area contributed by atoms with Gasteiger partial charge in [-0.3, -0.25) is 0 Å². The summed E-state index contributed by atoms with van der Waals surface area (Å²) in [5, 5.41) is -5.94. The summed E-state index contributed by atoms with van der Waals surface area (Å²) < 4.78 is 242. The molecule has 0 saturated heterocycles. The van der Waals surface area contributed by atoms with Gasteiger partial charge in [-0.1, -0.05) is 151 Å². The van der Waals surface area contributed by atoms with Gasteiger partial charge in [-0.05, 0) is 105 Å². The summed E-state index contributed by atoms with van der Waals surface area (Å²) in [6.45, 7) is 0. The maximum absolute atomic E-state index is 9.95. The molecule has 0 heterocycles. The lowest BCUT2D eigenvalue weighted by molar-refractivity contribution is 1.64. The van der Waals surface area contributed by atoms with Crippen molar-refractivity contribution in [3.8, 4) is 33.4 Å². The van der Waals surface area contributed by atoms with E-state index in [9.17, 15) is 13.7 Å². The van der Waals surface area contributed by atoms with Crippen LogP contribution in [0, 0.1) is 0 Å². The molecule has 0 radical (unpaired) electrons. The van der Waals surface area contributed by atoms with E-state index in [1.807, 2.05) is 0 Å². The van der Waals surface area contributed by atoms with Gasteiger partial charge in [-0.25, -0.2) is 0 Å². The van der Waals surface area contributed by atoms with Crippen molar-refractivity contribution >= 4 is 53.9 Å². The first-order valence-corrected chi connectivity index (χ1v) is 13.1. The number of hydrogen-bond donors (Lipinski definition) is 0. The molecule has 0 amide bonds. The van der Waals surface area contributed by atoms with Gasteiger partial charge in [0.1, 0.15) is 0 Å². The minimum absolute atomic E-state index is 0.500. The fraction of sp³-hybridized carbons (Fsp3) is 0. The second kappa shape index (κ2) is 9.93. The number of benzene rings is 9. The quantitative estimate of drug-likeness (QED) is 0.143. The predicted molar refractivity (Wildman–Crippen MR) is 190 cm³/mol. The Morgan fingerprint density at radius 3 is 1.64 bits per heavy atom. The highest BCUT2D eigenvalue weighted by atomic mass is 14.2. The van der Waals surface area contributed by atoms with Crippen molar-refractivity contribution in [1.29, 1.82) is 0 Å². The van der Waals surface area contributed by atoms with Crippen LogP contribution < -0.4 is 0 Å². The van der Waals surface area contributed by atoms with Crippen LogP contribution in [0.4, 0.5) is 0 Å². The van der Waals surface area contributed by atoms with Crippen molar-refractivity contribution in [2.24, 2.45) is 0 Å². The molecule has 0 aromatic heterocycles. The summed E-state index contributed by atoms with van der Waals surface area (Å²) in [4.78, 5) is 0. The molecule has 0 aliphatic heterocycles. The zero-order valence-electron chi connectivity index (χ0n) is 49.1. The predicted octanol–water partition coefficient (Wildman–Crippen LogP) is 12.5. The molecule has 204 valence electrons. The molecule has 44 heavy (non-hydrogen) atoms. The largest absolute Gasteiger partial charge is 0.0636 e. The summed E-state index contributed by atoms with van der Waals surface area (Å²) in [5.41, 5.74) is -4.35. The maximum Gasteiger partial charge on any atom is 0.0636 e. The van der Waals surface area contributed by atoms with E-state index >= 15 is 0 Å². The van der Waals surface area contributed by atoms with Gasteiger partial charge in [0.15, 0.2) is 0 Å². The molecule has 0 atom stereocenters. The topological polar surface area (TPSA) is 0 Å². The van der Waals surface area contributed by atoms with Gasteiger partial charge in [-0.15, -0.1) is 0 Å². The third-order valence-corrected chi connectivity index (χ3v) is 7.20. The molecule has 0 fully saturated rings. The molecule has 9 aromatic carbocycles. The summed E-state index contributed by atoms with van der Waals surface area (Å²) in [5.74, 6) is 0. The molecule has 0 unspecified atom stereocenters. The van der Waals surface area contributed by atoms with Gasteiger partial charge >= 0.3 is 0 Å². The Morgan fingerprint density at radius 1 is 0.295 bits per heavy atom. The van der Waals surface area contributed by atoms with E-state index in [4.69, 9.17) is 23.3 Å². The Bertz CT molecular complexity index is 4070. The van der Waals surface area contributed by atoms with E-state index in [1.165, 1.54) is 0 Å². The first-order valence-electron chi connectivity index (χ1n) is 26.6. The van der Waals surface area contributed by atoms with Gasteiger partial charge < -0.3 is 0 Å². The van der Waals surface area contributed by atoms with E-state index in [0.717, 1.165) is 6.07 Å². The lowest BCUT2D eigenvalue weighted by atomic mass is 9.84. The van der Waals surface area contributed by atoms with Crippen LogP contribution in [-0.2, 0) is 0 Å². The van der Waals surface area contributed by atoms with Gasteiger partial charge in [-0.2, -0.15) is 0 Å². The van der Waals surface area contributed by atoms with Crippen LogP contribution in [0.3, 0.4) is 0 Å². The van der Waals surface area contributed by atoms with E-state index in [0.29, 0.717) is 0 Å². The monoisotopic (exact) mass is 583 g/mol. The Balaban J connectivity index is 1.61. The molecule has 0 aliphatic rings. The van der Waals surface area contributed by atoms with Crippen LogP contribution in [0.2, 0.25) is 0 Å². The smallest absolute Gasteiger partial charge is 0.0616 e. The Hall–Kier alpha value is -5.72. The summed E-state index contributed by atoms with van der Waals surface area (Å²) >= 11 is 0. The Morgan fingerprint density at radius 2 is 0.841 bits per heavy atom. The van der Waals surface area contributed by atoms with Crippen LogP contribution >= 0.6 is 0 Å². The summed E-state index contributed by atoms with van der Waals surface area (Å²) in [6.07, 6.45) is 0. The van der Waals surface area contributed by atoms with Gasteiger partial charge in [0.2, 0.25) is 0 Å². The Kier molecular flexibility index (Phi) is 2.24. The van der Waals surface area contributed by atoms with Crippen LogP contribution in [0.5, 0.6) is 0 Å². The molecule has 9 aromatic rings. The third kappa shape index (κ3) is 3.85. The van der Waals surface area contributed by atoms with Crippen molar-refractivity contribution in [1.82, 2.24) is 0 Å². The lowest BCUT2D eigenvalue weighted by Crippen LogP contribution is -1.91. The van der Waals surface area contributed by atoms with Crippen molar-refractivity contribution in [3.05, 3.63) is 169 Å². The normalized spacial score (nSPS) is 20.2. The Labute approximate surface area is 294 Å². The molecule has 0 bridgehead atoms. The molecular formula is C44H28. The first kappa shape index (κ1) is 9.91. The lowest BCUT2D eigenvalue weighted by Gasteiger charge is -2.19. The fourth-order valence-electron chi connectivity index (χ4n) is 5.35. The second-order valence-electron chi connectivity index (χ2n) is 9.58. The summed E-state index contributed by atoms with van der Waals surface area (Å²) in [7, 11) is 0. The minimum Gasteiger partial charge on any atom is -0.0616 e. The molecule has 0 nitrogen and oxygen atoms in total. The highest BCUT2D eigenvalue weighted by Crippen LogP contribution is 2.45. The van der Waals surface area contributed by atoms with Crippen molar-refractivity contribution < 1.29 is 37.0 Å². The van der Waals surface area contributed by atoms with Crippen molar-refractivity contribution in [2.45, 2.75) is 0 Å². The van der Waals surface area contributed by atoms with E-state index in [1.54, 1.807) is 0 Å². The summed E-state index contributed by atoms with van der Waals surface area (Å²) in [6, 6.07) is -23.2. The standard InChI is InChI=1S/C44H28/c1-2-13-30-26-34(25-24-29(30)12-1)44-40-22-9-7-20-38(40)43(39-21-8-10-23-41(39)44)33-16-11-15-31(27-33)42-28-32-14-3-4-17-35(32)36-18-5-6-19-37(36)42/h1-28H/i1D,2D,3D,4D,5D,6D,7D,8D,9D,10D,11D,12D,13D,14D,15D,16D,17D,18D,19D,20D,22D,23D,24D,25D,26D,27D,28D. The molecule has 0 N–H and O–H groups in total. The molecule has 0 spiro atoms. The zero-order chi connectivity index (χ0) is 52.5. The van der Waals surface area contributed by atoms with Crippen molar-refractivity contribution in [2.75, 3.05) is 0 Å². The maximum atomic E-state index is 9.95. The molecule has 0 saturated carbocycles. The number of hydrogen-bond acceptors (Lipinski definition) is 0. The van der Waals surface area contributed by atoms with Gasteiger partial charge in [0.25, 0.3) is 0 Å². The molecular weight excluding hydrogens is 528 g/mol. The fourth-order valence-corrected chi connectivity index (χ4v) is 5.35. The number of fused-ring (bicyclic) bond motifs is 6. The van der Waals surface area contributed by atoms with Crippen LogP contribution in [0.1, 0.15) is 37.0 Å². The minimum atomic E-state index is -1.06. The molecule has 9 rings (SSSR count). The average molecular weight is 584 g/mol. The van der Waals surface area contributed by atoms with Crippen LogP contribution in [-0.4, -0.2) is 0 Å². The van der Waals surface area contributed by atoms with E-state index in [2.05, 4.69) is 0 Å². The van der Waals surface area contributed by atoms with Crippen LogP contribution in [0.25, 0.3) is 87.2 Å². The SMILES string of the molecule is [2H]c1cc2c(-c3c([2H])c([2H])c([2H])c(-c4c([2H])c5c([2H])c([2H])c([2H])c([2H])c5c5c([2H])c([2H])c([2H])c([2H])c45)c3[2H])c3c([2H])c([2H])c([2H])c([2H])c3c(-c3c([2H])c([2H])c4c([2H])c([2H])c([2H])c([2H])c4c3[2H])c2c([2H])c1[2H]. The first-order chi connectivity index (χ1) is 33.1. The van der Waals surface area contributed by atoms with E-state index < -0.39 is 250 Å². The average Bonchev–Trinajstić information content (AvgIpc) is 3.33. The van der Waals surface area contributed by atoms with Crippen molar-refractivity contribution in [3.63, 3.8) is 0 Å². The highest BCUT2D eigenvalue weighted by Gasteiger charge is 2.17. The molecule has 0 aliphatic carbocycles. The highest BCUT2D eigenvalue weighted by molar-refractivity contribution is 6.22.